The van der Waals surface area contributed by atoms with Crippen molar-refractivity contribution in [3.8, 4) is 0 Å². The van der Waals surface area contributed by atoms with Gasteiger partial charge in [-0.05, 0) is 52.9 Å². The van der Waals surface area contributed by atoms with E-state index in [-0.39, 0.29) is 18.2 Å². The molecule has 34 heavy (non-hydrogen) atoms. The van der Waals surface area contributed by atoms with E-state index in [0.29, 0.717) is 17.3 Å². The van der Waals surface area contributed by atoms with Gasteiger partial charge in [0.1, 0.15) is 6.04 Å². The van der Waals surface area contributed by atoms with E-state index in [4.69, 9.17) is 5.73 Å². The topological polar surface area (TPSA) is 91.2 Å². The van der Waals surface area contributed by atoms with E-state index in [1.807, 2.05) is 79.0 Å². The van der Waals surface area contributed by atoms with Gasteiger partial charge in [0.25, 0.3) is 5.91 Å². The average Bonchev–Trinajstić information content (AvgIpc) is 3.21. The summed E-state index contributed by atoms with van der Waals surface area (Å²) in [5, 5.41) is 3.89. The van der Waals surface area contributed by atoms with E-state index >= 15 is 0 Å². The van der Waals surface area contributed by atoms with Crippen molar-refractivity contribution in [2.75, 3.05) is 18.1 Å². The lowest BCUT2D eigenvalue weighted by Crippen LogP contribution is -2.39. The second-order valence-corrected chi connectivity index (χ2v) is 8.88. The third-order valence-electron chi connectivity index (χ3n) is 6.12. The van der Waals surface area contributed by atoms with E-state index in [9.17, 15) is 9.59 Å². The number of nitrogens with zero attached hydrogens (tertiary/aromatic N) is 1. The molecule has 6 heteroatoms. The van der Waals surface area contributed by atoms with Crippen molar-refractivity contribution in [1.29, 1.82) is 0 Å². The molecule has 0 aliphatic carbocycles. The van der Waals surface area contributed by atoms with Crippen LogP contribution in [0.3, 0.4) is 0 Å². The molecule has 4 N–H and O–H groups in total. The van der Waals surface area contributed by atoms with Gasteiger partial charge in [0, 0.05) is 35.5 Å². The number of H-pyrrole nitrogens is 1. The Morgan fingerprint density at radius 1 is 0.971 bits per heavy atom. The number of anilines is 2. The van der Waals surface area contributed by atoms with Crippen LogP contribution in [0, 0.1) is 0 Å². The van der Waals surface area contributed by atoms with Gasteiger partial charge in [-0.1, -0.05) is 56.3 Å². The number of hydrogen-bond acceptors (Lipinski definition) is 3. The van der Waals surface area contributed by atoms with Crippen LogP contribution in [0.2, 0.25) is 0 Å². The van der Waals surface area contributed by atoms with Gasteiger partial charge in [0.15, 0.2) is 0 Å². The molecular weight excluding hydrogens is 424 g/mol. The van der Waals surface area contributed by atoms with Crippen molar-refractivity contribution in [3.63, 3.8) is 0 Å². The Bertz CT molecular complexity index is 1290. The number of carbonyl (C=O) groups is 2. The molecule has 3 aromatic carbocycles. The number of nitrogens with two attached hydrogens (primary N) is 1. The first-order chi connectivity index (χ1) is 16.3. The summed E-state index contributed by atoms with van der Waals surface area (Å²) in [6.45, 7) is 4.25. The standard InChI is InChI=1S/C28H30N4O2/c1-18(2)19-9-12-23(13-10-19)31-28(34)27(20-7-5-4-6-8-20)32(3)26(33)15-21-17-30-25-14-11-22(29)16-24(21)25/h4-14,16-18,27,30H,15,29H2,1-3H3,(H,31,34). The molecule has 4 aromatic rings. The summed E-state index contributed by atoms with van der Waals surface area (Å²) in [7, 11) is 1.67. The number of carbonyl (C=O) groups excluding carboxylic acids is 2. The highest BCUT2D eigenvalue weighted by atomic mass is 16.2. The molecule has 0 bridgehead atoms. The third-order valence-corrected chi connectivity index (χ3v) is 6.12. The first-order valence-corrected chi connectivity index (χ1v) is 11.4. The zero-order valence-electron chi connectivity index (χ0n) is 19.7. The lowest BCUT2D eigenvalue weighted by atomic mass is 10.0. The fourth-order valence-corrected chi connectivity index (χ4v) is 4.12. The molecule has 0 radical (unpaired) electrons. The van der Waals surface area contributed by atoms with Crippen LogP contribution >= 0.6 is 0 Å². The van der Waals surface area contributed by atoms with Gasteiger partial charge in [-0.15, -0.1) is 0 Å². The summed E-state index contributed by atoms with van der Waals surface area (Å²) >= 11 is 0. The number of aromatic nitrogens is 1. The van der Waals surface area contributed by atoms with Crippen molar-refractivity contribution in [3.05, 3.63) is 95.7 Å². The molecule has 0 saturated carbocycles. The summed E-state index contributed by atoms with van der Waals surface area (Å²) in [5.74, 6) is -0.0181. The Morgan fingerprint density at radius 2 is 1.68 bits per heavy atom. The second kappa shape index (κ2) is 9.83. The Labute approximate surface area is 199 Å². The largest absolute Gasteiger partial charge is 0.399 e. The van der Waals surface area contributed by atoms with E-state index in [1.54, 1.807) is 7.05 Å². The fraction of sp³-hybridized carbons (Fsp3) is 0.214. The van der Waals surface area contributed by atoms with Crippen LogP contribution in [-0.4, -0.2) is 28.7 Å². The Kier molecular flexibility index (Phi) is 6.68. The molecule has 1 heterocycles. The highest BCUT2D eigenvalue weighted by molar-refractivity contribution is 5.98. The number of fused-ring (bicyclic) bond motifs is 1. The molecule has 1 atom stereocenters. The van der Waals surface area contributed by atoms with Gasteiger partial charge in [-0.2, -0.15) is 0 Å². The van der Waals surface area contributed by atoms with Gasteiger partial charge < -0.3 is 20.9 Å². The average molecular weight is 455 g/mol. The van der Waals surface area contributed by atoms with E-state index in [2.05, 4.69) is 24.1 Å². The molecule has 1 unspecified atom stereocenters. The zero-order valence-corrected chi connectivity index (χ0v) is 19.7. The van der Waals surface area contributed by atoms with E-state index in [1.165, 1.54) is 10.5 Å². The predicted octanol–water partition coefficient (Wildman–Crippen LogP) is 5.25. The first-order valence-electron chi connectivity index (χ1n) is 11.4. The lowest BCUT2D eigenvalue weighted by Gasteiger charge is -2.28. The molecule has 0 saturated heterocycles. The van der Waals surface area contributed by atoms with Gasteiger partial charge in [0.05, 0.1) is 6.42 Å². The summed E-state index contributed by atoms with van der Waals surface area (Å²) in [5.41, 5.74) is 11.0. The Hall–Kier alpha value is -4.06. The minimum Gasteiger partial charge on any atom is -0.399 e. The van der Waals surface area contributed by atoms with Crippen LogP contribution < -0.4 is 11.1 Å². The number of nitrogen functional groups attached to an aromatic ring is 1. The van der Waals surface area contributed by atoms with E-state index in [0.717, 1.165) is 22.0 Å². The van der Waals surface area contributed by atoms with Gasteiger partial charge in [0.2, 0.25) is 5.91 Å². The smallest absolute Gasteiger partial charge is 0.251 e. The Balaban J connectivity index is 1.57. The minimum absolute atomic E-state index is 0.152. The molecule has 0 aliphatic heterocycles. The Morgan fingerprint density at radius 3 is 2.35 bits per heavy atom. The molecule has 0 fully saturated rings. The molecular formula is C28H30N4O2. The van der Waals surface area contributed by atoms with Crippen LogP contribution in [0.1, 0.15) is 42.5 Å². The quantitative estimate of drug-likeness (QED) is 0.333. The number of aromatic amines is 1. The lowest BCUT2D eigenvalue weighted by molar-refractivity contribution is -0.136. The number of hydrogen-bond donors (Lipinski definition) is 3. The molecule has 0 aliphatic rings. The van der Waals surface area contributed by atoms with Crippen molar-refractivity contribution in [2.45, 2.75) is 32.2 Å². The molecule has 174 valence electrons. The molecule has 2 amide bonds. The van der Waals surface area contributed by atoms with Crippen molar-refractivity contribution in [1.82, 2.24) is 9.88 Å². The van der Waals surface area contributed by atoms with Crippen LogP contribution in [0.5, 0.6) is 0 Å². The zero-order chi connectivity index (χ0) is 24.2. The molecule has 6 nitrogen and oxygen atoms in total. The minimum atomic E-state index is -0.770. The third kappa shape index (κ3) is 4.96. The molecule has 4 rings (SSSR count). The van der Waals surface area contributed by atoms with Crippen molar-refractivity contribution >= 4 is 34.1 Å². The second-order valence-electron chi connectivity index (χ2n) is 8.88. The fourth-order valence-electron chi connectivity index (χ4n) is 4.12. The highest BCUT2D eigenvalue weighted by Crippen LogP contribution is 2.26. The van der Waals surface area contributed by atoms with Crippen LogP contribution in [0.4, 0.5) is 11.4 Å². The SMILES string of the molecule is CC(C)c1ccc(NC(=O)C(c2ccccc2)N(C)C(=O)Cc2c[nH]c3ccc(N)cc23)cc1. The summed E-state index contributed by atoms with van der Waals surface area (Å²) < 4.78 is 0. The predicted molar refractivity (Wildman–Crippen MR) is 138 cm³/mol. The molecule has 0 spiro atoms. The maximum absolute atomic E-state index is 13.4. The summed E-state index contributed by atoms with van der Waals surface area (Å²) in [6, 6.07) is 22.0. The van der Waals surface area contributed by atoms with Gasteiger partial charge in [-0.25, -0.2) is 0 Å². The highest BCUT2D eigenvalue weighted by Gasteiger charge is 2.29. The number of rotatable bonds is 7. The normalized spacial score (nSPS) is 12.0. The number of likely N-dealkylation sites (N-methyl/N-ethyl adjacent to an activating group) is 1. The van der Waals surface area contributed by atoms with Crippen molar-refractivity contribution in [2.24, 2.45) is 0 Å². The first kappa shape index (κ1) is 23.1. The van der Waals surface area contributed by atoms with Crippen LogP contribution in [0.15, 0.2) is 79.0 Å². The van der Waals surface area contributed by atoms with Gasteiger partial charge >= 0.3 is 0 Å². The number of nitrogens with one attached hydrogen (secondary N) is 2. The maximum Gasteiger partial charge on any atom is 0.251 e. The van der Waals surface area contributed by atoms with Crippen LogP contribution in [-0.2, 0) is 16.0 Å². The number of benzene rings is 3. The van der Waals surface area contributed by atoms with Crippen molar-refractivity contribution < 1.29 is 9.59 Å². The molecule has 1 aromatic heterocycles. The summed E-state index contributed by atoms with van der Waals surface area (Å²) in [4.78, 5) is 31.4. The number of amides is 2. The van der Waals surface area contributed by atoms with Crippen LogP contribution in [0.25, 0.3) is 10.9 Å². The maximum atomic E-state index is 13.4. The summed E-state index contributed by atoms with van der Waals surface area (Å²) in [6.07, 6.45) is 1.98. The van der Waals surface area contributed by atoms with E-state index < -0.39 is 6.04 Å². The monoisotopic (exact) mass is 454 g/mol. The van der Waals surface area contributed by atoms with Gasteiger partial charge in [-0.3, -0.25) is 9.59 Å².